The summed E-state index contributed by atoms with van der Waals surface area (Å²) in [5, 5.41) is 0. The highest BCUT2D eigenvalue weighted by atomic mass is 19.4. The van der Waals surface area contributed by atoms with Crippen molar-refractivity contribution in [3.8, 4) is 12.3 Å². The molecule has 0 heterocycles. The van der Waals surface area contributed by atoms with E-state index in [2.05, 4.69) is 5.92 Å². The Kier molecular flexibility index (Phi) is 4.64. The minimum absolute atomic E-state index is 0.108. The maximum atomic E-state index is 13.2. The summed E-state index contributed by atoms with van der Waals surface area (Å²) in [6, 6.07) is 2.90. The molecule has 0 aliphatic carbocycles. The molecule has 1 aromatic rings. The predicted octanol–water partition coefficient (Wildman–Crippen LogP) is 4.14. The van der Waals surface area contributed by atoms with Crippen LogP contribution < -0.4 is 4.90 Å². The second-order valence-corrected chi connectivity index (χ2v) is 4.82. The summed E-state index contributed by atoms with van der Waals surface area (Å²) < 4.78 is 63.2. The Morgan fingerprint density at radius 3 is 2.20 bits per heavy atom. The molecule has 0 spiro atoms. The molecular weight excluding hydrogens is 277 g/mol. The highest BCUT2D eigenvalue weighted by Gasteiger charge is 2.32. The van der Waals surface area contributed by atoms with E-state index in [0.29, 0.717) is 0 Å². The minimum Gasteiger partial charge on any atom is -0.355 e. The van der Waals surface area contributed by atoms with Crippen molar-refractivity contribution < 1.29 is 22.0 Å². The van der Waals surface area contributed by atoms with Crippen LogP contribution in [0.3, 0.4) is 0 Å². The van der Waals surface area contributed by atoms with Crippen LogP contribution in [0.25, 0.3) is 0 Å². The molecule has 0 saturated heterocycles. The monoisotopic (exact) mass is 291 g/mol. The second-order valence-electron chi connectivity index (χ2n) is 4.82. The largest absolute Gasteiger partial charge is 0.390 e. The normalized spacial score (nSPS) is 12.1. The van der Waals surface area contributed by atoms with E-state index >= 15 is 0 Å². The lowest BCUT2D eigenvalue weighted by Gasteiger charge is -2.37. The SMILES string of the molecule is C#CC(C)(C)N(CCC(F)(F)F)c1ccc(F)c(F)c1. The van der Waals surface area contributed by atoms with Crippen molar-refractivity contribution in [1.82, 2.24) is 0 Å². The van der Waals surface area contributed by atoms with Gasteiger partial charge in [0.25, 0.3) is 0 Å². The van der Waals surface area contributed by atoms with Gasteiger partial charge in [-0.15, -0.1) is 6.42 Å². The van der Waals surface area contributed by atoms with E-state index in [1.54, 1.807) is 0 Å². The summed E-state index contributed by atoms with van der Waals surface area (Å²) in [5.41, 5.74) is -0.953. The zero-order valence-electron chi connectivity index (χ0n) is 11.1. The van der Waals surface area contributed by atoms with Gasteiger partial charge in [0.15, 0.2) is 11.6 Å². The van der Waals surface area contributed by atoms with Crippen molar-refractivity contribution in [1.29, 1.82) is 0 Å². The molecule has 0 aliphatic heterocycles. The van der Waals surface area contributed by atoms with Crippen LogP contribution in [0.1, 0.15) is 20.3 Å². The molecule has 0 saturated carbocycles. The maximum Gasteiger partial charge on any atom is 0.390 e. The lowest BCUT2D eigenvalue weighted by molar-refractivity contribution is -0.132. The Labute approximate surface area is 114 Å². The molecule has 0 radical (unpaired) electrons. The average Bonchev–Trinajstić information content (AvgIpc) is 2.32. The smallest absolute Gasteiger partial charge is 0.355 e. The summed E-state index contributed by atoms with van der Waals surface area (Å²) in [4.78, 5) is 1.23. The Morgan fingerprint density at radius 1 is 1.15 bits per heavy atom. The Morgan fingerprint density at radius 2 is 1.75 bits per heavy atom. The van der Waals surface area contributed by atoms with E-state index in [1.165, 1.54) is 24.8 Å². The maximum absolute atomic E-state index is 13.2. The van der Waals surface area contributed by atoms with Crippen molar-refractivity contribution in [2.45, 2.75) is 32.0 Å². The van der Waals surface area contributed by atoms with Crippen molar-refractivity contribution in [2.24, 2.45) is 0 Å². The van der Waals surface area contributed by atoms with E-state index in [1.807, 2.05) is 0 Å². The van der Waals surface area contributed by atoms with Crippen molar-refractivity contribution in [2.75, 3.05) is 11.4 Å². The first-order chi connectivity index (χ1) is 9.07. The molecule has 6 heteroatoms. The van der Waals surface area contributed by atoms with E-state index in [-0.39, 0.29) is 5.69 Å². The number of alkyl halides is 3. The first-order valence-electron chi connectivity index (χ1n) is 5.84. The molecule has 110 valence electrons. The van der Waals surface area contributed by atoms with Crippen LogP contribution in [0.4, 0.5) is 27.6 Å². The molecular formula is C14H14F5N. The summed E-state index contributed by atoms with van der Waals surface area (Å²) in [6.45, 7) is 2.63. The van der Waals surface area contributed by atoms with Gasteiger partial charge in [-0.3, -0.25) is 0 Å². The van der Waals surface area contributed by atoms with E-state index in [4.69, 9.17) is 6.42 Å². The van der Waals surface area contributed by atoms with Crippen molar-refractivity contribution in [3.63, 3.8) is 0 Å². The van der Waals surface area contributed by atoms with E-state index in [0.717, 1.165) is 12.1 Å². The number of halogens is 5. The van der Waals surface area contributed by atoms with Gasteiger partial charge in [-0.25, -0.2) is 8.78 Å². The van der Waals surface area contributed by atoms with Gasteiger partial charge < -0.3 is 4.90 Å². The summed E-state index contributed by atoms with van der Waals surface area (Å²) in [5.74, 6) is 0.154. The molecule has 20 heavy (non-hydrogen) atoms. The highest BCUT2D eigenvalue weighted by molar-refractivity contribution is 5.51. The molecule has 0 unspecified atom stereocenters. The van der Waals surface area contributed by atoms with Crippen molar-refractivity contribution in [3.05, 3.63) is 29.8 Å². The minimum atomic E-state index is -4.36. The topological polar surface area (TPSA) is 3.24 Å². The number of anilines is 1. The van der Waals surface area contributed by atoms with Crippen LogP contribution in [0.15, 0.2) is 18.2 Å². The van der Waals surface area contributed by atoms with E-state index < -0.39 is 36.3 Å². The van der Waals surface area contributed by atoms with Gasteiger partial charge in [-0.2, -0.15) is 13.2 Å². The molecule has 0 fully saturated rings. The Hall–Kier alpha value is -1.77. The molecule has 0 aromatic heterocycles. The quantitative estimate of drug-likeness (QED) is 0.595. The van der Waals surface area contributed by atoms with Crippen LogP contribution in [0.5, 0.6) is 0 Å². The van der Waals surface area contributed by atoms with Crippen LogP contribution >= 0.6 is 0 Å². The van der Waals surface area contributed by atoms with Crippen LogP contribution in [0, 0.1) is 24.0 Å². The van der Waals surface area contributed by atoms with Gasteiger partial charge in [-0.1, -0.05) is 5.92 Å². The Balaban J connectivity index is 3.11. The van der Waals surface area contributed by atoms with E-state index in [9.17, 15) is 22.0 Å². The number of hydrogen-bond donors (Lipinski definition) is 0. The third-order valence-corrected chi connectivity index (χ3v) is 2.86. The number of rotatable bonds is 4. The van der Waals surface area contributed by atoms with Gasteiger partial charge in [-0.05, 0) is 26.0 Å². The fourth-order valence-electron chi connectivity index (χ4n) is 1.70. The third kappa shape index (κ3) is 4.12. The zero-order valence-corrected chi connectivity index (χ0v) is 11.1. The first-order valence-corrected chi connectivity index (χ1v) is 5.84. The Bertz CT molecular complexity index is 513. The molecule has 1 aromatic carbocycles. The van der Waals surface area contributed by atoms with Gasteiger partial charge in [0.2, 0.25) is 0 Å². The second kappa shape index (κ2) is 5.70. The molecule has 0 bridgehead atoms. The fraction of sp³-hybridized carbons (Fsp3) is 0.429. The lowest BCUT2D eigenvalue weighted by atomic mass is 10.0. The summed E-state index contributed by atoms with van der Waals surface area (Å²) in [7, 11) is 0. The molecule has 0 N–H and O–H groups in total. The van der Waals surface area contributed by atoms with Crippen LogP contribution in [0.2, 0.25) is 0 Å². The molecule has 0 atom stereocenters. The highest BCUT2D eigenvalue weighted by Crippen LogP contribution is 2.28. The molecule has 0 aliphatic rings. The van der Waals surface area contributed by atoms with Crippen LogP contribution in [-0.2, 0) is 0 Å². The van der Waals surface area contributed by atoms with Gasteiger partial charge in [0.05, 0.1) is 12.0 Å². The number of terminal acetylenes is 1. The summed E-state index contributed by atoms with van der Waals surface area (Å²) in [6.07, 6.45) is -0.149. The van der Waals surface area contributed by atoms with Gasteiger partial charge >= 0.3 is 6.18 Å². The van der Waals surface area contributed by atoms with Gasteiger partial charge in [0.1, 0.15) is 0 Å². The number of nitrogens with zero attached hydrogens (tertiary/aromatic N) is 1. The van der Waals surface area contributed by atoms with Crippen molar-refractivity contribution >= 4 is 5.69 Å². The number of benzene rings is 1. The van der Waals surface area contributed by atoms with Gasteiger partial charge in [0, 0.05) is 18.3 Å². The lowest BCUT2D eigenvalue weighted by Crippen LogP contribution is -2.44. The fourth-order valence-corrected chi connectivity index (χ4v) is 1.70. The standard InChI is InChI=1S/C14H14F5N/c1-4-13(2,3)20(8-7-14(17,18)19)10-5-6-11(15)12(16)9-10/h1,5-6,9H,7-8H2,2-3H3. The average molecular weight is 291 g/mol. The molecule has 0 amide bonds. The molecule has 1 nitrogen and oxygen atoms in total. The summed E-state index contributed by atoms with van der Waals surface area (Å²) >= 11 is 0. The number of hydrogen-bond acceptors (Lipinski definition) is 1. The van der Waals surface area contributed by atoms with Crippen LogP contribution in [-0.4, -0.2) is 18.3 Å². The predicted molar refractivity (Wildman–Crippen MR) is 67.3 cm³/mol. The zero-order chi connectivity index (χ0) is 15.6. The third-order valence-electron chi connectivity index (χ3n) is 2.86. The molecule has 1 rings (SSSR count). The first kappa shape index (κ1) is 16.3.